The summed E-state index contributed by atoms with van der Waals surface area (Å²) in [6, 6.07) is 5.70. The number of nitrogens with two attached hydrogens (primary N) is 1. The highest BCUT2D eigenvalue weighted by molar-refractivity contribution is 9.10. The Labute approximate surface area is 126 Å². The van der Waals surface area contributed by atoms with Crippen LogP contribution in [0.3, 0.4) is 0 Å². The van der Waals surface area contributed by atoms with Crippen LogP contribution in [0.2, 0.25) is 0 Å². The second kappa shape index (κ2) is 6.09. The van der Waals surface area contributed by atoms with Crippen LogP contribution in [0.1, 0.15) is 19.4 Å². The standard InChI is InChI=1S/C14H16BrN3O2/c1-8(2)19-13-12(16)14(18-7-17-13)20-11-5-4-10(15)6-9(11)3/h4-8H,16H2,1-3H3. The molecule has 0 aliphatic rings. The third-order valence-electron chi connectivity index (χ3n) is 2.50. The zero-order chi connectivity index (χ0) is 14.7. The SMILES string of the molecule is Cc1cc(Br)ccc1Oc1ncnc(OC(C)C)c1N. The van der Waals surface area contributed by atoms with Gasteiger partial charge in [-0.25, -0.2) is 0 Å². The minimum absolute atomic E-state index is 0.0190. The highest BCUT2D eigenvalue weighted by atomic mass is 79.9. The van der Waals surface area contributed by atoms with Gasteiger partial charge in [-0.1, -0.05) is 15.9 Å². The summed E-state index contributed by atoms with van der Waals surface area (Å²) in [5.41, 5.74) is 7.25. The Kier molecular flexibility index (Phi) is 4.44. The first-order chi connectivity index (χ1) is 9.47. The summed E-state index contributed by atoms with van der Waals surface area (Å²) in [6.07, 6.45) is 1.35. The lowest BCUT2D eigenvalue weighted by Crippen LogP contribution is -2.10. The van der Waals surface area contributed by atoms with Crippen LogP contribution in [0.15, 0.2) is 29.0 Å². The van der Waals surface area contributed by atoms with Crippen LogP contribution in [-0.2, 0) is 0 Å². The molecule has 2 N–H and O–H groups in total. The summed E-state index contributed by atoms with van der Waals surface area (Å²) in [6.45, 7) is 5.75. The number of halogens is 1. The van der Waals surface area contributed by atoms with Crippen molar-refractivity contribution in [1.82, 2.24) is 9.97 Å². The van der Waals surface area contributed by atoms with Crippen LogP contribution < -0.4 is 15.2 Å². The van der Waals surface area contributed by atoms with Crippen LogP contribution in [-0.4, -0.2) is 16.1 Å². The fourth-order valence-corrected chi connectivity index (χ4v) is 2.07. The van der Waals surface area contributed by atoms with E-state index in [2.05, 4.69) is 25.9 Å². The molecule has 0 saturated heterocycles. The van der Waals surface area contributed by atoms with Gasteiger partial charge in [0.15, 0.2) is 5.69 Å². The van der Waals surface area contributed by atoms with Crippen LogP contribution in [0.5, 0.6) is 17.5 Å². The summed E-state index contributed by atoms with van der Waals surface area (Å²) in [5.74, 6) is 1.31. The molecule has 0 aliphatic heterocycles. The van der Waals surface area contributed by atoms with Crippen molar-refractivity contribution in [2.75, 3.05) is 5.73 Å². The molecule has 2 rings (SSSR count). The lowest BCUT2D eigenvalue weighted by Gasteiger charge is -2.14. The zero-order valence-electron chi connectivity index (χ0n) is 11.6. The summed E-state index contributed by atoms with van der Waals surface area (Å²) >= 11 is 3.41. The van der Waals surface area contributed by atoms with Gasteiger partial charge in [0, 0.05) is 4.47 Å². The normalized spacial score (nSPS) is 10.7. The van der Waals surface area contributed by atoms with Crippen molar-refractivity contribution in [2.45, 2.75) is 26.9 Å². The maximum atomic E-state index is 5.98. The van der Waals surface area contributed by atoms with E-state index < -0.39 is 0 Å². The maximum Gasteiger partial charge on any atom is 0.249 e. The first kappa shape index (κ1) is 14.6. The van der Waals surface area contributed by atoms with Crippen LogP contribution in [0, 0.1) is 6.92 Å². The molecule has 0 radical (unpaired) electrons. The average molecular weight is 338 g/mol. The molecular formula is C14H16BrN3O2. The van der Waals surface area contributed by atoms with Crippen molar-refractivity contribution in [2.24, 2.45) is 0 Å². The van der Waals surface area contributed by atoms with Gasteiger partial charge in [-0.05, 0) is 44.5 Å². The van der Waals surface area contributed by atoms with E-state index in [1.54, 1.807) is 0 Å². The molecule has 0 bridgehead atoms. The lowest BCUT2D eigenvalue weighted by molar-refractivity contribution is 0.232. The number of nitrogen functional groups attached to an aromatic ring is 1. The van der Waals surface area contributed by atoms with E-state index in [0.717, 1.165) is 10.0 Å². The summed E-state index contributed by atoms with van der Waals surface area (Å²) in [4.78, 5) is 8.07. The Morgan fingerprint density at radius 1 is 1.20 bits per heavy atom. The number of aryl methyl sites for hydroxylation is 1. The van der Waals surface area contributed by atoms with Gasteiger partial charge in [0.2, 0.25) is 11.8 Å². The Balaban J connectivity index is 2.29. The van der Waals surface area contributed by atoms with Crippen molar-refractivity contribution >= 4 is 21.6 Å². The highest BCUT2D eigenvalue weighted by Crippen LogP contribution is 2.33. The molecule has 5 nitrogen and oxygen atoms in total. The van der Waals surface area contributed by atoms with Gasteiger partial charge in [-0.15, -0.1) is 0 Å². The minimum Gasteiger partial charge on any atom is -0.473 e. The Hall–Kier alpha value is -1.82. The van der Waals surface area contributed by atoms with Gasteiger partial charge in [0.05, 0.1) is 6.10 Å². The van der Waals surface area contributed by atoms with E-state index in [0.29, 0.717) is 23.2 Å². The van der Waals surface area contributed by atoms with Gasteiger partial charge in [-0.2, -0.15) is 9.97 Å². The number of benzene rings is 1. The molecule has 0 unspecified atom stereocenters. The predicted octanol–water partition coefficient (Wildman–Crippen LogP) is 3.71. The molecule has 0 amide bonds. The quantitative estimate of drug-likeness (QED) is 0.920. The van der Waals surface area contributed by atoms with Gasteiger partial charge in [-0.3, -0.25) is 0 Å². The van der Waals surface area contributed by atoms with E-state index in [4.69, 9.17) is 15.2 Å². The second-order valence-corrected chi connectivity index (χ2v) is 5.49. The Morgan fingerprint density at radius 2 is 1.90 bits per heavy atom. The molecule has 0 saturated carbocycles. The van der Waals surface area contributed by atoms with Crippen LogP contribution in [0.4, 0.5) is 5.69 Å². The average Bonchev–Trinajstić information content (AvgIpc) is 2.36. The van der Waals surface area contributed by atoms with E-state index in [9.17, 15) is 0 Å². The third-order valence-corrected chi connectivity index (χ3v) is 2.99. The monoisotopic (exact) mass is 337 g/mol. The van der Waals surface area contributed by atoms with Crippen molar-refractivity contribution in [3.63, 3.8) is 0 Å². The fourth-order valence-electron chi connectivity index (χ4n) is 1.59. The number of anilines is 1. The van der Waals surface area contributed by atoms with Crippen molar-refractivity contribution in [1.29, 1.82) is 0 Å². The van der Waals surface area contributed by atoms with E-state index >= 15 is 0 Å². The van der Waals surface area contributed by atoms with Crippen molar-refractivity contribution < 1.29 is 9.47 Å². The molecule has 106 valence electrons. The number of rotatable bonds is 4. The molecule has 1 heterocycles. The molecule has 1 aromatic heterocycles. The molecular weight excluding hydrogens is 322 g/mol. The number of ether oxygens (including phenoxy) is 2. The number of hydrogen-bond donors (Lipinski definition) is 1. The number of aromatic nitrogens is 2. The van der Waals surface area contributed by atoms with Crippen LogP contribution >= 0.6 is 15.9 Å². The lowest BCUT2D eigenvalue weighted by atomic mass is 10.2. The molecule has 0 atom stereocenters. The number of nitrogens with zero attached hydrogens (tertiary/aromatic N) is 2. The molecule has 0 aliphatic carbocycles. The molecule has 20 heavy (non-hydrogen) atoms. The topological polar surface area (TPSA) is 70.3 Å². The third kappa shape index (κ3) is 3.39. The molecule has 0 spiro atoms. The Bertz CT molecular complexity index is 617. The van der Waals surface area contributed by atoms with Crippen molar-refractivity contribution in [3.8, 4) is 17.5 Å². The van der Waals surface area contributed by atoms with E-state index in [1.165, 1.54) is 6.33 Å². The minimum atomic E-state index is -0.0190. The fraction of sp³-hybridized carbons (Fsp3) is 0.286. The number of hydrogen-bond acceptors (Lipinski definition) is 5. The Morgan fingerprint density at radius 3 is 2.55 bits per heavy atom. The smallest absolute Gasteiger partial charge is 0.249 e. The van der Waals surface area contributed by atoms with Crippen LogP contribution in [0.25, 0.3) is 0 Å². The van der Waals surface area contributed by atoms with Crippen molar-refractivity contribution in [3.05, 3.63) is 34.6 Å². The largest absolute Gasteiger partial charge is 0.473 e. The summed E-state index contributed by atoms with van der Waals surface area (Å²) < 4.78 is 12.2. The van der Waals surface area contributed by atoms with Gasteiger partial charge < -0.3 is 15.2 Å². The highest BCUT2D eigenvalue weighted by Gasteiger charge is 2.13. The molecule has 1 aromatic carbocycles. The summed E-state index contributed by atoms with van der Waals surface area (Å²) in [5, 5.41) is 0. The van der Waals surface area contributed by atoms with E-state index in [-0.39, 0.29) is 6.10 Å². The van der Waals surface area contributed by atoms with Gasteiger partial charge in [0.1, 0.15) is 12.1 Å². The second-order valence-electron chi connectivity index (χ2n) is 4.58. The van der Waals surface area contributed by atoms with E-state index in [1.807, 2.05) is 39.0 Å². The molecule has 6 heteroatoms. The van der Waals surface area contributed by atoms with Gasteiger partial charge in [0.25, 0.3) is 0 Å². The molecule has 2 aromatic rings. The maximum absolute atomic E-state index is 5.98. The summed E-state index contributed by atoms with van der Waals surface area (Å²) in [7, 11) is 0. The molecule has 0 fully saturated rings. The zero-order valence-corrected chi connectivity index (χ0v) is 13.1. The first-order valence-electron chi connectivity index (χ1n) is 6.18. The van der Waals surface area contributed by atoms with Gasteiger partial charge >= 0.3 is 0 Å². The predicted molar refractivity (Wildman–Crippen MR) is 81.2 cm³/mol. The first-order valence-corrected chi connectivity index (χ1v) is 6.98.